The lowest BCUT2D eigenvalue weighted by Crippen LogP contribution is -2.11. The molecule has 1 heterocycles. The minimum absolute atomic E-state index is 0.145. The molecule has 134 valence electrons. The molecule has 0 aliphatic carbocycles. The van der Waals surface area contributed by atoms with E-state index in [1.165, 1.54) is 11.1 Å². The first kappa shape index (κ1) is 17.0. The second kappa shape index (κ2) is 7.87. The number of benzene rings is 3. The van der Waals surface area contributed by atoms with Gasteiger partial charge in [-0.2, -0.15) is 4.98 Å². The van der Waals surface area contributed by atoms with E-state index in [4.69, 9.17) is 4.98 Å². The number of aromatic nitrogens is 2. The van der Waals surface area contributed by atoms with Crippen molar-refractivity contribution in [2.75, 3.05) is 10.6 Å². The van der Waals surface area contributed by atoms with Crippen LogP contribution in [0, 0.1) is 0 Å². The first-order valence-electron chi connectivity index (χ1n) is 9.15. The topological polar surface area (TPSA) is 49.8 Å². The fraction of sp³-hybridized carbons (Fsp3) is 0.130. The van der Waals surface area contributed by atoms with Crippen molar-refractivity contribution in [3.63, 3.8) is 0 Å². The second-order valence-electron chi connectivity index (χ2n) is 6.53. The zero-order chi connectivity index (χ0) is 18.5. The maximum absolute atomic E-state index is 4.75. The molecule has 1 aromatic heterocycles. The first-order chi connectivity index (χ1) is 13.3. The summed E-state index contributed by atoms with van der Waals surface area (Å²) in [6, 6.07) is 28.9. The number of nitrogens with zero attached hydrogens (tertiary/aromatic N) is 2. The van der Waals surface area contributed by atoms with Crippen molar-refractivity contribution in [1.82, 2.24) is 9.97 Å². The molecule has 3 aromatic carbocycles. The minimum Gasteiger partial charge on any atom is -0.363 e. The van der Waals surface area contributed by atoms with E-state index in [1.54, 1.807) is 0 Å². The highest BCUT2D eigenvalue weighted by Crippen LogP contribution is 2.26. The highest BCUT2D eigenvalue weighted by Gasteiger charge is 2.11. The summed E-state index contributed by atoms with van der Waals surface area (Å²) in [5.74, 6) is 1.47. The molecule has 1 atom stereocenters. The summed E-state index contributed by atoms with van der Waals surface area (Å²) >= 11 is 0. The third kappa shape index (κ3) is 4.06. The van der Waals surface area contributed by atoms with Crippen LogP contribution in [0.5, 0.6) is 0 Å². The molecule has 4 heteroatoms. The molecule has 4 nitrogen and oxygen atoms in total. The predicted molar refractivity (Wildman–Crippen MR) is 112 cm³/mol. The van der Waals surface area contributed by atoms with E-state index in [2.05, 4.69) is 65.0 Å². The van der Waals surface area contributed by atoms with E-state index in [9.17, 15) is 0 Å². The van der Waals surface area contributed by atoms with Gasteiger partial charge < -0.3 is 10.6 Å². The Morgan fingerprint density at radius 2 is 1.44 bits per heavy atom. The summed E-state index contributed by atoms with van der Waals surface area (Å²) in [5.41, 5.74) is 3.34. The lowest BCUT2D eigenvalue weighted by atomic mass is 10.1. The van der Waals surface area contributed by atoms with Gasteiger partial charge in [-0.15, -0.1) is 0 Å². The van der Waals surface area contributed by atoms with Crippen molar-refractivity contribution >= 4 is 22.7 Å². The highest BCUT2D eigenvalue weighted by molar-refractivity contribution is 5.90. The fourth-order valence-electron chi connectivity index (χ4n) is 3.07. The van der Waals surface area contributed by atoms with Crippen molar-refractivity contribution in [1.29, 1.82) is 0 Å². The Morgan fingerprint density at radius 1 is 0.778 bits per heavy atom. The maximum atomic E-state index is 4.75. The van der Waals surface area contributed by atoms with Gasteiger partial charge in [0.05, 0.1) is 5.52 Å². The Morgan fingerprint density at radius 3 is 2.22 bits per heavy atom. The van der Waals surface area contributed by atoms with Crippen LogP contribution in [-0.2, 0) is 6.54 Å². The molecule has 4 aromatic rings. The lowest BCUT2D eigenvalue weighted by Gasteiger charge is -2.17. The minimum atomic E-state index is 0.145. The Hall–Kier alpha value is -3.40. The van der Waals surface area contributed by atoms with Crippen LogP contribution in [0.15, 0.2) is 84.9 Å². The zero-order valence-corrected chi connectivity index (χ0v) is 15.3. The molecular weight excluding hydrogens is 332 g/mol. The smallest absolute Gasteiger partial charge is 0.225 e. The van der Waals surface area contributed by atoms with Crippen LogP contribution in [-0.4, -0.2) is 9.97 Å². The number of para-hydroxylation sites is 1. The molecule has 0 saturated carbocycles. The Labute approximate surface area is 159 Å². The van der Waals surface area contributed by atoms with E-state index in [0.717, 1.165) is 16.7 Å². The Balaban J connectivity index is 1.62. The molecule has 1 unspecified atom stereocenters. The van der Waals surface area contributed by atoms with Gasteiger partial charge in [0, 0.05) is 18.0 Å². The van der Waals surface area contributed by atoms with Crippen LogP contribution < -0.4 is 10.6 Å². The molecule has 0 aliphatic rings. The van der Waals surface area contributed by atoms with Gasteiger partial charge in [0.1, 0.15) is 5.82 Å². The summed E-state index contributed by atoms with van der Waals surface area (Å²) in [6.45, 7) is 2.83. The van der Waals surface area contributed by atoms with Crippen LogP contribution in [0.3, 0.4) is 0 Å². The molecule has 0 amide bonds. The van der Waals surface area contributed by atoms with Crippen molar-refractivity contribution < 1.29 is 0 Å². The van der Waals surface area contributed by atoms with Crippen LogP contribution >= 0.6 is 0 Å². The van der Waals surface area contributed by atoms with Crippen LogP contribution in [0.25, 0.3) is 10.9 Å². The summed E-state index contributed by atoms with van der Waals surface area (Å²) in [5, 5.41) is 7.91. The van der Waals surface area contributed by atoms with Crippen molar-refractivity contribution in [2.24, 2.45) is 0 Å². The van der Waals surface area contributed by atoms with Crippen LogP contribution in [0.1, 0.15) is 24.1 Å². The molecule has 0 saturated heterocycles. The number of hydrogen-bond donors (Lipinski definition) is 2. The van der Waals surface area contributed by atoms with Crippen molar-refractivity contribution in [3.05, 3.63) is 96.1 Å². The fourth-order valence-corrected chi connectivity index (χ4v) is 3.07. The molecule has 2 N–H and O–H groups in total. The summed E-state index contributed by atoms with van der Waals surface area (Å²) < 4.78 is 0. The quantitative estimate of drug-likeness (QED) is 0.486. The molecule has 0 radical (unpaired) electrons. The number of anilines is 2. The SMILES string of the molecule is CC(Nc1nc(NCc2ccccc2)nc2ccccc12)c1ccccc1. The summed E-state index contributed by atoms with van der Waals surface area (Å²) in [4.78, 5) is 9.42. The summed E-state index contributed by atoms with van der Waals surface area (Å²) in [6.07, 6.45) is 0. The molecule has 0 spiro atoms. The van der Waals surface area contributed by atoms with Crippen molar-refractivity contribution in [3.8, 4) is 0 Å². The Kier molecular flexibility index (Phi) is 4.97. The summed E-state index contributed by atoms with van der Waals surface area (Å²) in [7, 11) is 0. The van der Waals surface area contributed by atoms with Gasteiger partial charge in [-0.3, -0.25) is 0 Å². The normalized spacial score (nSPS) is 11.9. The number of rotatable bonds is 6. The van der Waals surface area contributed by atoms with Crippen LogP contribution in [0.4, 0.5) is 11.8 Å². The van der Waals surface area contributed by atoms with E-state index in [1.807, 2.05) is 42.5 Å². The van der Waals surface area contributed by atoms with Gasteiger partial charge in [0.25, 0.3) is 0 Å². The highest BCUT2D eigenvalue weighted by atomic mass is 15.1. The average Bonchev–Trinajstić information content (AvgIpc) is 2.73. The zero-order valence-electron chi connectivity index (χ0n) is 15.3. The molecule has 0 aliphatic heterocycles. The molecule has 4 rings (SSSR count). The number of hydrogen-bond acceptors (Lipinski definition) is 4. The standard InChI is InChI=1S/C23H22N4/c1-17(19-12-6-3-7-13-19)25-22-20-14-8-9-15-21(20)26-23(27-22)24-16-18-10-4-2-5-11-18/h2-15,17H,16H2,1H3,(H2,24,25,26,27). The predicted octanol–water partition coefficient (Wildman–Crippen LogP) is 5.42. The van der Waals surface area contributed by atoms with Gasteiger partial charge in [0.2, 0.25) is 5.95 Å². The largest absolute Gasteiger partial charge is 0.363 e. The Bertz CT molecular complexity index is 1020. The molecule has 27 heavy (non-hydrogen) atoms. The molecular formula is C23H22N4. The number of fused-ring (bicyclic) bond motifs is 1. The average molecular weight is 354 g/mol. The van der Waals surface area contributed by atoms with Crippen LogP contribution in [0.2, 0.25) is 0 Å². The van der Waals surface area contributed by atoms with Gasteiger partial charge in [0.15, 0.2) is 0 Å². The van der Waals surface area contributed by atoms with Gasteiger partial charge >= 0.3 is 0 Å². The monoisotopic (exact) mass is 354 g/mol. The first-order valence-corrected chi connectivity index (χ1v) is 9.15. The van der Waals surface area contributed by atoms with Crippen molar-refractivity contribution in [2.45, 2.75) is 19.5 Å². The van der Waals surface area contributed by atoms with E-state index in [0.29, 0.717) is 12.5 Å². The lowest BCUT2D eigenvalue weighted by molar-refractivity contribution is 0.875. The van der Waals surface area contributed by atoms with Gasteiger partial charge in [-0.25, -0.2) is 4.98 Å². The van der Waals surface area contributed by atoms with E-state index in [-0.39, 0.29) is 6.04 Å². The van der Waals surface area contributed by atoms with Gasteiger partial charge in [-0.1, -0.05) is 72.8 Å². The molecule has 0 bridgehead atoms. The third-order valence-corrected chi connectivity index (χ3v) is 4.55. The van der Waals surface area contributed by atoms with Gasteiger partial charge in [-0.05, 0) is 30.2 Å². The van der Waals surface area contributed by atoms with E-state index >= 15 is 0 Å². The second-order valence-corrected chi connectivity index (χ2v) is 6.53. The maximum Gasteiger partial charge on any atom is 0.225 e. The molecule has 0 fully saturated rings. The van der Waals surface area contributed by atoms with E-state index < -0.39 is 0 Å². The number of nitrogens with one attached hydrogen (secondary N) is 2. The third-order valence-electron chi connectivity index (χ3n) is 4.55.